The summed E-state index contributed by atoms with van der Waals surface area (Å²) in [6.45, 7) is 4.13. The molecule has 3 rings (SSSR count). The lowest BCUT2D eigenvalue weighted by atomic mass is 10.2. The van der Waals surface area contributed by atoms with Crippen LogP contribution in [-0.4, -0.2) is 45.7 Å². The van der Waals surface area contributed by atoms with Crippen LogP contribution in [-0.2, 0) is 10.0 Å². The Bertz CT molecular complexity index is 598. The van der Waals surface area contributed by atoms with Gasteiger partial charge in [0.05, 0.1) is 6.04 Å². The van der Waals surface area contributed by atoms with E-state index in [-0.39, 0.29) is 10.9 Å². The summed E-state index contributed by atoms with van der Waals surface area (Å²) in [5, 5.41) is 0. The van der Waals surface area contributed by atoms with Crippen molar-refractivity contribution in [2.75, 3.05) is 36.1 Å². The first-order valence-corrected chi connectivity index (χ1v) is 9.32. The van der Waals surface area contributed by atoms with E-state index in [0.29, 0.717) is 12.4 Å². The maximum atomic E-state index is 12.2. The SMILES string of the molecule is C[C@H]1COc2cc(N3CCSCC3)ccc2S(=O)(=O)N1. The second-order valence-electron chi connectivity index (χ2n) is 5.06. The maximum Gasteiger partial charge on any atom is 0.244 e. The topological polar surface area (TPSA) is 58.6 Å². The molecule has 1 atom stereocenters. The molecule has 0 aromatic heterocycles. The first kappa shape index (κ1) is 14.0. The van der Waals surface area contributed by atoms with Gasteiger partial charge in [0.1, 0.15) is 17.3 Å². The summed E-state index contributed by atoms with van der Waals surface area (Å²) in [4.78, 5) is 2.51. The molecule has 20 heavy (non-hydrogen) atoms. The second kappa shape index (κ2) is 5.46. The van der Waals surface area contributed by atoms with Crippen molar-refractivity contribution in [1.82, 2.24) is 4.72 Å². The summed E-state index contributed by atoms with van der Waals surface area (Å²) >= 11 is 1.95. The second-order valence-corrected chi connectivity index (χ2v) is 7.97. The van der Waals surface area contributed by atoms with Gasteiger partial charge in [0, 0.05) is 36.3 Å². The highest BCUT2D eigenvalue weighted by Crippen LogP contribution is 2.32. The molecule has 2 heterocycles. The summed E-state index contributed by atoms with van der Waals surface area (Å²) in [5.41, 5.74) is 1.04. The van der Waals surface area contributed by atoms with Crippen LogP contribution in [0.25, 0.3) is 0 Å². The molecule has 7 heteroatoms. The van der Waals surface area contributed by atoms with Crippen LogP contribution >= 0.6 is 11.8 Å². The zero-order valence-corrected chi connectivity index (χ0v) is 13.0. The van der Waals surface area contributed by atoms with Crippen LogP contribution in [0.3, 0.4) is 0 Å². The Morgan fingerprint density at radius 1 is 1.35 bits per heavy atom. The summed E-state index contributed by atoms with van der Waals surface area (Å²) < 4.78 is 32.6. The van der Waals surface area contributed by atoms with Crippen molar-refractivity contribution in [3.8, 4) is 5.75 Å². The van der Waals surface area contributed by atoms with Gasteiger partial charge in [-0.25, -0.2) is 13.1 Å². The van der Waals surface area contributed by atoms with Crippen molar-refractivity contribution in [2.24, 2.45) is 0 Å². The minimum Gasteiger partial charge on any atom is -0.490 e. The van der Waals surface area contributed by atoms with Gasteiger partial charge in [-0.1, -0.05) is 0 Å². The molecule has 110 valence electrons. The van der Waals surface area contributed by atoms with Gasteiger partial charge in [-0.15, -0.1) is 0 Å². The summed E-state index contributed by atoms with van der Waals surface area (Å²) in [7, 11) is -3.47. The average molecular weight is 314 g/mol. The Hall–Kier alpha value is -0.920. The van der Waals surface area contributed by atoms with E-state index in [1.54, 1.807) is 13.0 Å². The van der Waals surface area contributed by atoms with E-state index in [9.17, 15) is 8.42 Å². The van der Waals surface area contributed by atoms with E-state index in [2.05, 4.69) is 9.62 Å². The average Bonchev–Trinajstić information content (AvgIpc) is 2.56. The number of thioether (sulfide) groups is 1. The number of benzene rings is 1. The van der Waals surface area contributed by atoms with Crippen molar-refractivity contribution in [2.45, 2.75) is 17.9 Å². The molecule has 0 aliphatic carbocycles. The molecule has 1 fully saturated rings. The van der Waals surface area contributed by atoms with Gasteiger partial charge in [-0.3, -0.25) is 0 Å². The van der Waals surface area contributed by atoms with Crippen LogP contribution in [0.1, 0.15) is 6.92 Å². The number of hydrogen-bond acceptors (Lipinski definition) is 5. The van der Waals surface area contributed by atoms with Gasteiger partial charge in [-0.05, 0) is 19.1 Å². The standard InChI is InChI=1S/C13H18N2O3S2/c1-10-9-18-12-8-11(15-4-6-19-7-5-15)2-3-13(12)20(16,17)14-10/h2-3,8,10,14H,4-7,9H2,1H3/t10-/m0/s1. The molecule has 2 aliphatic rings. The van der Waals surface area contributed by atoms with Crippen LogP contribution < -0.4 is 14.4 Å². The molecule has 0 radical (unpaired) electrons. The molecular formula is C13H18N2O3S2. The lowest BCUT2D eigenvalue weighted by Gasteiger charge is -2.28. The lowest BCUT2D eigenvalue weighted by Crippen LogP contribution is -2.34. The molecule has 1 N–H and O–H groups in total. The monoisotopic (exact) mass is 314 g/mol. The quantitative estimate of drug-likeness (QED) is 0.847. The number of rotatable bonds is 1. The highest BCUT2D eigenvalue weighted by molar-refractivity contribution is 7.99. The molecule has 1 saturated heterocycles. The van der Waals surface area contributed by atoms with Crippen LogP contribution in [0.2, 0.25) is 0 Å². The molecule has 2 aliphatic heterocycles. The van der Waals surface area contributed by atoms with Crippen molar-refractivity contribution >= 4 is 27.5 Å². The molecule has 0 spiro atoms. The van der Waals surface area contributed by atoms with Gasteiger partial charge < -0.3 is 9.64 Å². The Kier molecular flexibility index (Phi) is 3.83. The van der Waals surface area contributed by atoms with Crippen molar-refractivity contribution in [3.05, 3.63) is 18.2 Å². The fourth-order valence-electron chi connectivity index (χ4n) is 2.43. The predicted octanol–water partition coefficient (Wildman–Crippen LogP) is 1.30. The Balaban J connectivity index is 1.96. The van der Waals surface area contributed by atoms with E-state index >= 15 is 0 Å². The Morgan fingerprint density at radius 3 is 2.85 bits per heavy atom. The number of anilines is 1. The predicted molar refractivity (Wildman–Crippen MR) is 81.3 cm³/mol. The first-order chi connectivity index (χ1) is 9.56. The van der Waals surface area contributed by atoms with Gasteiger partial charge in [0.2, 0.25) is 10.0 Å². The largest absolute Gasteiger partial charge is 0.490 e. The van der Waals surface area contributed by atoms with Gasteiger partial charge in [0.25, 0.3) is 0 Å². The van der Waals surface area contributed by atoms with Crippen LogP contribution in [0, 0.1) is 0 Å². The van der Waals surface area contributed by atoms with Crippen LogP contribution in [0.5, 0.6) is 5.75 Å². The third-order valence-electron chi connectivity index (χ3n) is 3.44. The van der Waals surface area contributed by atoms with E-state index in [4.69, 9.17) is 4.74 Å². The number of fused-ring (bicyclic) bond motifs is 1. The van der Waals surface area contributed by atoms with Crippen molar-refractivity contribution < 1.29 is 13.2 Å². The Labute approximate surface area is 123 Å². The first-order valence-electron chi connectivity index (χ1n) is 6.68. The molecule has 0 unspecified atom stereocenters. The summed E-state index contributed by atoms with van der Waals surface area (Å²) in [6.07, 6.45) is 0. The molecule has 0 bridgehead atoms. The third kappa shape index (κ3) is 2.75. The highest BCUT2D eigenvalue weighted by Gasteiger charge is 2.27. The lowest BCUT2D eigenvalue weighted by molar-refractivity contribution is 0.288. The van der Waals surface area contributed by atoms with Crippen LogP contribution in [0.15, 0.2) is 23.1 Å². The van der Waals surface area contributed by atoms with Gasteiger partial charge >= 0.3 is 0 Å². The Morgan fingerprint density at radius 2 is 2.10 bits per heavy atom. The number of ether oxygens (including phenoxy) is 1. The molecule has 5 nitrogen and oxygen atoms in total. The number of nitrogens with one attached hydrogen (secondary N) is 1. The van der Waals surface area contributed by atoms with Crippen molar-refractivity contribution in [3.63, 3.8) is 0 Å². The number of sulfonamides is 1. The molecule has 1 aromatic carbocycles. The van der Waals surface area contributed by atoms with Gasteiger partial charge in [0.15, 0.2) is 0 Å². The van der Waals surface area contributed by atoms with Crippen LogP contribution in [0.4, 0.5) is 5.69 Å². The minimum absolute atomic E-state index is 0.220. The van der Waals surface area contributed by atoms with E-state index < -0.39 is 10.0 Å². The number of hydrogen-bond donors (Lipinski definition) is 1. The summed E-state index contributed by atoms with van der Waals surface area (Å²) in [5.74, 6) is 2.67. The summed E-state index contributed by atoms with van der Waals surface area (Å²) in [6, 6.07) is 5.14. The maximum absolute atomic E-state index is 12.2. The molecule has 1 aromatic rings. The molecule has 0 amide bonds. The fraction of sp³-hybridized carbons (Fsp3) is 0.538. The fourth-order valence-corrected chi connectivity index (χ4v) is 4.68. The molecular weight excluding hydrogens is 296 g/mol. The zero-order chi connectivity index (χ0) is 14.2. The van der Waals surface area contributed by atoms with Gasteiger partial charge in [-0.2, -0.15) is 11.8 Å². The third-order valence-corrected chi connectivity index (χ3v) is 6.01. The minimum atomic E-state index is -3.47. The number of nitrogens with zero attached hydrogens (tertiary/aromatic N) is 1. The highest BCUT2D eigenvalue weighted by atomic mass is 32.2. The zero-order valence-electron chi connectivity index (χ0n) is 11.3. The van der Waals surface area contributed by atoms with Crippen molar-refractivity contribution in [1.29, 1.82) is 0 Å². The van der Waals surface area contributed by atoms with E-state index in [1.165, 1.54) is 0 Å². The normalized spacial score (nSPS) is 25.4. The van der Waals surface area contributed by atoms with E-state index in [1.807, 2.05) is 23.9 Å². The van der Waals surface area contributed by atoms with E-state index in [0.717, 1.165) is 30.3 Å². The smallest absolute Gasteiger partial charge is 0.244 e. The molecule has 0 saturated carbocycles.